The summed E-state index contributed by atoms with van der Waals surface area (Å²) in [4.78, 5) is 214. The van der Waals surface area contributed by atoms with Crippen LogP contribution in [-0.2, 0) is 83.1 Å². The molecule has 1 aromatic carbocycles. The number of phenols is 1. The number of aromatic hydroxyl groups is 1. The first kappa shape index (κ1) is 85.7. The summed E-state index contributed by atoms with van der Waals surface area (Å²) < 4.78 is 0. The number of phenolic OH excluding ortho intramolecular Hbond substituents is 1. The Morgan fingerprint density at radius 2 is 0.898 bits per heavy atom. The van der Waals surface area contributed by atoms with E-state index in [9.17, 15) is 112 Å². The molecule has 0 spiro atoms. The van der Waals surface area contributed by atoms with E-state index in [4.69, 9.17) is 22.9 Å². The maximum Gasteiger partial charge on any atom is 0.326 e. The monoisotopic (exact) mass is 1390 g/mol. The molecule has 1 aromatic rings. The third-order valence-corrected chi connectivity index (χ3v) is 14.4. The first-order valence-electron chi connectivity index (χ1n) is 31.1. The van der Waals surface area contributed by atoms with Crippen LogP contribution in [0.25, 0.3) is 0 Å². The normalized spacial score (nSPS) is 14.7. The van der Waals surface area contributed by atoms with Crippen molar-refractivity contribution in [2.24, 2.45) is 45.7 Å². The first-order valence-corrected chi connectivity index (χ1v) is 31.1. The van der Waals surface area contributed by atoms with Gasteiger partial charge >= 0.3 is 23.9 Å². The molecule has 0 bridgehead atoms. The number of aliphatic hydroxyl groups is 2. The van der Waals surface area contributed by atoms with Crippen LogP contribution in [-0.4, -0.2) is 229 Å². The zero-order chi connectivity index (χ0) is 74.7. The second-order valence-electron chi connectivity index (χ2n) is 23.7. The van der Waals surface area contributed by atoms with Crippen molar-refractivity contribution < 1.29 is 112 Å². The lowest BCUT2D eigenvalue weighted by Crippen LogP contribution is -2.61. The number of amides is 12. The number of guanidine groups is 1. The fraction of sp³-hybridized carbons (Fsp3) is 0.610. The number of carboxylic acid groups (broad SMARTS) is 4. The number of nitrogens with one attached hydrogen (secondary N) is 11. The lowest BCUT2D eigenvalue weighted by atomic mass is 9.96. The number of primary amides is 1. The van der Waals surface area contributed by atoms with Crippen molar-refractivity contribution in [1.29, 1.82) is 0 Å². The molecule has 39 heteroatoms. The maximum atomic E-state index is 14.4. The van der Waals surface area contributed by atoms with Gasteiger partial charge in [-0.25, -0.2) is 4.79 Å². The molecule has 0 aliphatic rings. The van der Waals surface area contributed by atoms with E-state index in [0.717, 1.165) is 0 Å². The standard InChI is InChI=1S/C59H94N16O23/c1-7-29(6)47(57(96)68-35(15-17-45(83)84)51(90)72-38(22-42(61)79)53(92)74-41(26-77)56(95)73-40(58(97)98)20-28(4)5)75-55(94)36(19-27(2)3)70-50(89)33(9-8-18-64-59(62)63)66-43(80)24-65-49(88)34(14-16-44(81)82)67-52(91)37(21-30-10-12-31(78)13-11-30)71-54(93)39(23-46(85)86)69-48(87)32(60)25-76/h10-13,27-29,32-41,47,76-78H,7-9,14-26,60H2,1-6H3,(H2,61,79)(H,65,88)(H,66,80)(H,67,91)(H,68,96)(H,69,87)(H,70,89)(H,71,93)(H,72,90)(H,73,95)(H,74,92)(H,75,94)(H,81,82)(H,83,84)(H,85,86)(H,97,98)(H4,62,63,64)/t29-,32-,33-,34-,35-,36-,37-,38-,39-,40-,41-,47-/m0/s1. The second-order valence-corrected chi connectivity index (χ2v) is 23.7. The molecule has 12 amide bonds. The van der Waals surface area contributed by atoms with Crippen molar-refractivity contribution in [3.8, 4) is 5.75 Å². The molecule has 0 radical (unpaired) electrons. The summed E-state index contributed by atoms with van der Waals surface area (Å²) in [5, 5.41) is 92.6. The molecule has 26 N–H and O–H groups in total. The van der Waals surface area contributed by atoms with Crippen LogP contribution in [0.4, 0.5) is 0 Å². The number of carboxylic acids is 4. The summed E-state index contributed by atoms with van der Waals surface area (Å²) in [6, 6.07) is -13.6. The third-order valence-electron chi connectivity index (χ3n) is 14.4. The number of carbonyl (C=O) groups is 16. The fourth-order valence-electron chi connectivity index (χ4n) is 9.06. The van der Waals surface area contributed by atoms with Crippen LogP contribution >= 0.6 is 0 Å². The Hall–Kier alpha value is -10.3. The van der Waals surface area contributed by atoms with E-state index >= 15 is 0 Å². The van der Waals surface area contributed by atoms with Crippen molar-refractivity contribution in [3.63, 3.8) is 0 Å². The van der Waals surface area contributed by atoms with Crippen LogP contribution < -0.4 is 81.4 Å². The van der Waals surface area contributed by atoms with Crippen molar-refractivity contribution in [2.75, 3.05) is 26.3 Å². The maximum absolute atomic E-state index is 14.4. The van der Waals surface area contributed by atoms with Gasteiger partial charge in [-0.05, 0) is 74.0 Å². The van der Waals surface area contributed by atoms with E-state index in [0.29, 0.717) is 0 Å². The molecule has 12 atom stereocenters. The molecule has 0 saturated carbocycles. The van der Waals surface area contributed by atoms with Crippen LogP contribution in [0.2, 0.25) is 0 Å². The molecule has 0 aliphatic carbocycles. The van der Waals surface area contributed by atoms with Crippen molar-refractivity contribution in [2.45, 2.75) is 185 Å². The number of hydrogen-bond acceptors (Lipinski definition) is 21. The van der Waals surface area contributed by atoms with E-state index in [1.54, 1.807) is 34.6 Å². The van der Waals surface area contributed by atoms with E-state index in [2.05, 4.69) is 63.5 Å². The largest absolute Gasteiger partial charge is 0.508 e. The number of hydrogen-bond donors (Lipinski definition) is 22. The summed E-state index contributed by atoms with van der Waals surface area (Å²) in [5.41, 5.74) is 22.1. The van der Waals surface area contributed by atoms with Gasteiger partial charge in [0.25, 0.3) is 0 Å². The minimum Gasteiger partial charge on any atom is -0.508 e. The highest BCUT2D eigenvalue weighted by Gasteiger charge is 2.38. The molecular weight excluding hydrogens is 1300 g/mol. The Morgan fingerprint density at radius 1 is 0.469 bits per heavy atom. The van der Waals surface area contributed by atoms with Crippen molar-refractivity contribution in [3.05, 3.63) is 29.8 Å². The second kappa shape index (κ2) is 43.7. The van der Waals surface area contributed by atoms with Gasteiger partial charge in [-0.1, -0.05) is 60.1 Å². The molecule has 0 aliphatic heterocycles. The van der Waals surface area contributed by atoms with Gasteiger partial charge in [0.15, 0.2) is 5.96 Å². The molecule has 98 heavy (non-hydrogen) atoms. The molecule has 0 saturated heterocycles. The molecule has 39 nitrogen and oxygen atoms in total. The van der Waals surface area contributed by atoms with Crippen LogP contribution in [0.5, 0.6) is 5.75 Å². The number of aliphatic carboxylic acids is 4. The van der Waals surface area contributed by atoms with Crippen LogP contribution in [0.15, 0.2) is 29.3 Å². The topological polar surface area (TPSA) is 664 Å². The fourth-order valence-corrected chi connectivity index (χ4v) is 9.06. The minimum absolute atomic E-state index is 0.0108. The van der Waals surface area contributed by atoms with Gasteiger partial charge in [-0.15, -0.1) is 0 Å². The van der Waals surface area contributed by atoms with E-state index in [1.165, 1.54) is 31.2 Å². The van der Waals surface area contributed by atoms with Gasteiger partial charge in [0.1, 0.15) is 72.2 Å². The van der Waals surface area contributed by atoms with Crippen LogP contribution in [0, 0.1) is 17.8 Å². The van der Waals surface area contributed by atoms with E-state index < -0.39 is 232 Å². The Kier molecular flexibility index (Phi) is 38.2. The van der Waals surface area contributed by atoms with Gasteiger partial charge in [0.05, 0.1) is 32.6 Å². The smallest absolute Gasteiger partial charge is 0.326 e. The summed E-state index contributed by atoms with van der Waals surface area (Å²) >= 11 is 0. The molecule has 548 valence electrons. The van der Waals surface area contributed by atoms with Crippen LogP contribution in [0.3, 0.4) is 0 Å². The summed E-state index contributed by atoms with van der Waals surface area (Å²) in [6.07, 6.45) is -5.59. The van der Waals surface area contributed by atoms with E-state index in [-0.39, 0.29) is 67.8 Å². The Balaban J connectivity index is 3.61. The van der Waals surface area contributed by atoms with E-state index in [1.807, 2.05) is 0 Å². The number of carbonyl (C=O) groups excluding carboxylic acids is 12. The molecule has 0 heterocycles. The predicted octanol–water partition coefficient (Wildman–Crippen LogP) is -7.43. The Bertz CT molecular complexity index is 2980. The van der Waals surface area contributed by atoms with Gasteiger partial charge in [-0.2, -0.15) is 0 Å². The summed E-state index contributed by atoms with van der Waals surface area (Å²) in [7, 11) is 0. The quantitative estimate of drug-likeness (QED) is 0.0164. The first-order chi connectivity index (χ1) is 45.8. The highest BCUT2D eigenvalue weighted by molar-refractivity contribution is 6.00. The average molecular weight is 1400 g/mol. The molecule has 0 aromatic heterocycles. The highest BCUT2D eigenvalue weighted by Crippen LogP contribution is 2.16. The number of nitrogens with two attached hydrogens (primary N) is 4. The zero-order valence-corrected chi connectivity index (χ0v) is 55.1. The lowest BCUT2D eigenvalue weighted by Gasteiger charge is -2.30. The average Bonchev–Trinajstić information content (AvgIpc) is 0.866. The van der Waals surface area contributed by atoms with Crippen molar-refractivity contribution in [1.82, 2.24) is 58.5 Å². The summed E-state index contributed by atoms with van der Waals surface area (Å²) in [6.45, 7) is 6.73. The van der Waals surface area contributed by atoms with Gasteiger partial charge in [-0.3, -0.25) is 76.9 Å². The Morgan fingerprint density at radius 3 is 1.39 bits per heavy atom. The van der Waals surface area contributed by atoms with Gasteiger partial charge in [0.2, 0.25) is 70.9 Å². The molecular formula is C59H94N16O23. The third kappa shape index (κ3) is 33.4. The van der Waals surface area contributed by atoms with Gasteiger partial charge in [0, 0.05) is 25.8 Å². The molecule has 1 rings (SSSR count). The molecule has 0 fully saturated rings. The molecule has 0 unspecified atom stereocenters. The van der Waals surface area contributed by atoms with Crippen LogP contribution in [0.1, 0.15) is 118 Å². The number of aliphatic hydroxyl groups excluding tert-OH is 2. The van der Waals surface area contributed by atoms with Crippen molar-refractivity contribution >= 4 is 101 Å². The zero-order valence-electron chi connectivity index (χ0n) is 55.1. The number of aliphatic imine (C=N–C) groups is 1. The van der Waals surface area contributed by atoms with Gasteiger partial charge < -0.3 is 117 Å². The Labute approximate surface area is 562 Å². The summed E-state index contributed by atoms with van der Waals surface area (Å²) in [5.74, 6) is -21.7. The minimum atomic E-state index is -1.95. The predicted molar refractivity (Wildman–Crippen MR) is 342 cm³/mol. The number of benzene rings is 1. The number of nitrogens with zero attached hydrogens (tertiary/aromatic N) is 1. The SMILES string of the molecule is CC[C@H](C)[C@H](NC(=O)[C@H](CC(C)C)NC(=O)[C@H](CCCN=C(N)N)NC(=O)CNC(=O)[C@H](CCC(=O)O)NC(=O)[C@H](Cc1ccc(O)cc1)NC(=O)[C@H](CC(=O)O)NC(=O)[C@@H](N)CO)C(=O)N[C@@H](CCC(=O)O)C(=O)N[C@@H](CC(N)=O)C(=O)N[C@@H](CO)C(=O)N[C@@H](CC(C)C)C(=O)O. The number of rotatable bonds is 47. The lowest BCUT2D eigenvalue weighted by molar-refractivity contribution is -0.143. The highest BCUT2D eigenvalue weighted by atomic mass is 16.4.